The van der Waals surface area contributed by atoms with Gasteiger partial charge in [0.25, 0.3) is 5.69 Å². The van der Waals surface area contributed by atoms with Crippen LogP contribution in [0.15, 0.2) is 23.1 Å². The fourth-order valence-electron chi connectivity index (χ4n) is 1.44. The number of nitrogens with one attached hydrogen (secondary N) is 2. The van der Waals surface area contributed by atoms with E-state index in [1.807, 2.05) is 20.8 Å². The van der Waals surface area contributed by atoms with Gasteiger partial charge in [0.15, 0.2) is 0 Å². The molecule has 0 spiro atoms. The number of nitro groups is 1. The highest BCUT2D eigenvalue weighted by molar-refractivity contribution is 7.89. The third kappa shape index (κ3) is 4.17. The second-order valence-corrected chi connectivity index (χ2v) is 7.31. The van der Waals surface area contributed by atoms with Gasteiger partial charge in [-0.2, -0.15) is 0 Å². The van der Waals surface area contributed by atoms with Gasteiger partial charge in [-0.15, -0.1) is 0 Å². The summed E-state index contributed by atoms with van der Waals surface area (Å²) in [5.41, 5.74) is -0.176. The minimum atomic E-state index is -3.81. The second-order valence-electron chi connectivity index (χ2n) is 5.57. The molecule has 20 heavy (non-hydrogen) atoms. The minimum absolute atomic E-state index is 0.126. The molecule has 0 bridgehead atoms. The zero-order chi connectivity index (χ0) is 15.6. The van der Waals surface area contributed by atoms with Crippen molar-refractivity contribution in [3.63, 3.8) is 0 Å². The number of hydrogen-bond acceptors (Lipinski definition) is 5. The molecule has 0 radical (unpaired) electrons. The molecule has 0 aliphatic carbocycles. The summed E-state index contributed by atoms with van der Waals surface area (Å²) in [7, 11) is -2.25. The van der Waals surface area contributed by atoms with E-state index in [0.717, 1.165) is 6.07 Å². The van der Waals surface area contributed by atoms with Gasteiger partial charge in [-0.3, -0.25) is 10.1 Å². The average Bonchev–Trinajstić information content (AvgIpc) is 2.35. The van der Waals surface area contributed by atoms with E-state index in [9.17, 15) is 18.5 Å². The lowest BCUT2D eigenvalue weighted by Gasteiger charge is -2.19. The van der Waals surface area contributed by atoms with Gasteiger partial charge in [0.2, 0.25) is 10.0 Å². The molecule has 0 aliphatic heterocycles. The molecule has 0 fully saturated rings. The van der Waals surface area contributed by atoms with Gasteiger partial charge in [0.1, 0.15) is 4.90 Å². The maximum atomic E-state index is 12.3. The number of anilines is 1. The summed E-state index contributed by atoms with van der Waals surface area (Å²) in [5.74, 6) is 0. The lowest BCUT2D eigenvalue weighted by atomic mass is 9.98. The topological polar surface area (TPSA) is 101 Å². The molecule has 0 atom stereocenters. The van der Waals surface area contributed by atoms with Crippen molar-refractivity contribution in [3.8, 4) is 0 Å². The maximum absolute atomic E-state index is 12.3. The Morgan fingerprint density at radius 3 is 2.35 bits per heavy atom. The summed E-state index contributed by atoms with van der Waals surface area (Å²) < 4.78 is 27.0. The van der Waals surface area contributed by atoms with Gasteiger partial charge in [-0.05, 0) is 11.5 Å². The standard InChI is InChI=1S/C12H19N3O4S/c1-12(2,3)8-14-20(18,19)11-7-9(15(16)17)5-6-10(11)13-4/h5-7,13-14H,8H2,1-4H3. The summed E-state index contributed by atoms with van der Waals surface area (Å²) in [6.07, 6.45) is 0. The maximum Gasteiger partial charge on any atom is 0.270 e. The van der Waals surface area contributed by atoms with Gasteiger partial charge >= 0.3 is 0 Å². The number of nitro benzene ring substituents is 1. The monoisotopic (exact) mass is 301 g/mol. The van der Waals surface area contributed by atoms with Crippen LogP contribution in [0.25, 0.3) is 0 Å². The van der Waals surface area contributed by atoms with E-state index in [-0.39, 0.29) is 22.5 Å². The summed E-state index contributed by atoms with van der Waals surface area (Å²) in [4.78, 5) is 10.0. The van der Waals surface area contributed by atoms with Crippen molar-refractivity contribution in [2.24, 2.45) is 5.41 Å². The number of rotatable bonds is 5. The third-order valence-electron chi connectivity index (χ3n) is 2.53. The molecule has 1 aromatic carbocycles. The van der Waals surface area contributed by atoms with Gasteiger partial charge in [0, 0.05) is 25.7 Å². The van der Waals surface area contributed by atoms with Crippen LogP contribution in [-0.4, -0.2) is 26.9 Å². The van der Waals surface area contributed by atoms with Gasteiger partial charge < -0.3 is 5.32 Å². The number of nitrogens with zero attached hydrogens (tertiary/aromatic N) is 1. The molecule has 0 unspecified atom stereocenters. The number of hydrogen-bond donors (Lipinski definition) is 2. The van der Waals surface area contributed by atoms with Gasteiger partial charge in [0.05, 0.1) is 10.6 Å². The Morgan fingerprint density at radius 2 is 1.90 bits per heavy atom. The van der Waals surface area contributed by atoms with Crippen LogP contribution < -0.4 is 10.0 Å². The van der Waals surface area contributed by atoms with E-state index in [0.29, 0.717) is 5.69 Å². The van der Waals surface area contributed by atoms with Crippen LogP contribution in [-0.2, 0) is 10.0 Å². The number of benzene rings is 1. The smallest absolute Gasteiger partial charge is 0.270 e. The van der Waals surface area contributed by atoms with Crippen LogP contribution in [0, 0.1) is 15.5 Å². The average molecular weight is 301 g/mol. The highest BCUT2D eigenvalue weighted by Crippen LogP contribution is 2.26. The Labute approximate surface area is 118 Å². The summed E-state index contributed by atoms with van der Waals surface area (Å²) >= 11 is 0. The minimum Gasteiger partial charge on any atom is -0.387 e. The van der Waals surface area contributed by atoms with Crippen LogP contribution in [0.4, 0.5) is 11.4 Å². The van der Waals surface area contributed by atoms with E-state index in [1.54, 1.807) is 7.05 Å². The van der Waals surface area contributed by atoms with Crippen LogP contribution in [0.2, 0.25) is 0 Å². The molecule has 0 saturated heterocycles. The molecule has 0 aromatic heterocycles. The van der Waals surface area contributed by atoms with Crippen molar-refractivity contribution >= 4 is 21.4 Å². The van der Waals surface area contributed by atoms with Crippen LogP contribution in [0.1, 0.15) is 20.8 Å². The number of sulfonamides is 1. The molecule has 0 saturated carbocycles. The first-order valence-electron chi connectivity index (χ1n) is 6.03. The molecular weight excluding hydrogens is 282 g/mol. The Balaban J connectivity index is 3.21. The van der Waals surface area contributed by atoms with Crippen molar-refractivity contribution in [2.45, 2.75) is 25.7 Å². The van der Waals surface area contributed by atoms with E-state index < -0.39 is 14.9 Å². The first-order chi connectivity index (χ1) is 9.07. The summed E-state index contributed by atoms with van der Waals surface area (Å²) in [6, 6.07) is 3.69. The molecule has 2 N–H and O–H groups in total. The lowest BCUT2D eigenvalue weighted by molar-refractivity contribution is -0.385. The van der Waals surface area contributed by atoms with Crippen molar-refractivity contribution in [3.05, 3.63) is 28.3 Å². The van der Waals surface area contributed by atoms with E-state index >= 15 is 0 Å². The zero-order valence-corrected chi connectivity index (χ0v) is 12.7. The molecular formula is C12H19N3O4S. The SMILES string of the molecule is CNc1ccc([N+](=O)[O-])cc1S(=O)(=O)NCC(C)(C)C. The normalized spacial score (nSPS) is 12.2. The Hall–Kier alpha value is -1.67. The molecule has 0 heterocycles. The fourth-order valence-corrected chi connectivity index (χ4v) is 2.96. The molecule has 112 valence electrons. The van der Waals surface area contributed by atoms with E-state index in [1.165, 1.54) is 12.1 Å². The van der Waals surface area contributed by atoms with E-state index in [4.69, 9.17) is 0 Å². The zero-order valence-electron chi connectivity index (χ0n) is 11.9. The largest absolute Gasteiger partial charge is 0.387 e. The van der Waals surface area contributed by atoms with Gasteiger partial charge in [-0.25, -0.2) is 13.1 Å². The highest BCUT2D eigenvalue weighted by atomic mass is 32.2. The molecule has 8 heteroatoms. The highest BCUT2D eigenvalue weighted by Gasteiger charge is 2.23. The molecule has 7 nitrogen and oxygen atoms in total. The first kappa shape index (κ1) is 16.4. The number of non-ortho nitro benzene ring substituents is 1. The molecule has 1 rings (SSSR count). The van der Waals surface area contributed by atoms with Crippen molar-refractivity contribution in [1.82, 2.24) is 4.72 Å². The van der Waals surface area contributed by atoms with Gasteiger partial charge in [-0.1, -0.05) is 20.8 Å². The van der Waals surface area contributed by atoms with Crippen molar-refractivity contribution in [2.75, 3.05) is 18.9 Å². The van der Waals surface area contributed by atoms with Crippen LogP contribution in [0.3, 0.4) is 0 Å². The molecule has 1 aromatic rings. The molecule has 0 amide bonds. The second kappa shape index (κ2) is 5.76. The Kier molecular flexibility index (Phi) is 4.72. The Morgan fingerprint density at radius 1 is 1.30 bits per heavy atom. The van der Waals surface area contributed by atoms with Crippen LogP contribution >= 0.6 is 0 Å². The third-order valence-corrected chi connectivity index (χ3v) is 3.97. The fraction of sp³-hybridized carbons (Fsp3) is 0.500. The van der Waals surface area contributed by atoms with Crippen LogP contribution in [0.5, 0.6) is 0 Å². The predicted octanol–water partition coefficient (Wildman–Crippen LogP) is 1.96. The predicted molar refractivity (Wildman–Crippen MR) is 77.3 cm³/mol. The van der Waals surface area contributed by atoms with Crippen molar-refractivity contribution < 1.29 is 13.3 Å². The summed E-state index contributed by atoms with van der Waals surface area (Å²) in [6.45, 7) is 5.91. The van der Waals surface area contributed by atoms with E-state index in [2.05, 4.69) is 10.0 Å². The van der Waals surface area contributed by atoms with Crippen molar-refractivity contribution in [1.29, 1.82) is 0 Å². The quantitative estimate of drug-likeness (QED) is 0.639. The first-order valence-corrected chi connectivity index (χ1v) is 7.51. The Bertz CT molecular complexity index is 606. The summed E-state index contributed by atoms with van der Waals surface area (Å²) in [5, 5.41) is 13.5. The molecule has 0 aliphatic rings. The lowest BCUT2D eigenvalue weighted by Crippen LogP contribution is -2.32.